The Kier molecular flexibility index (Phi) is 5.14. The smallest absolute Gasteiger partial charge is 0.161 e. The topological polar surface area (TPSA) is 48.9 Å². The second-order valence-corrected chi connectivity index (χ2v) is 8.58. The summed E-state index contributed by atoms with van der Waals surface area (Å²) in [6, 6.07) is 10.8. The van der Waals surface area contributed by atoms with E-state index in [9.17, 15) is 8.78 Å². The monoisotopic (exact) mass is 428 g/mol. The van der Waals surface area contributed by atoms with Crippen LogP contribution >= 0.6 is 11.3 Å². The minimum Gasteiger partial charge on any atom is -0.385 e. The third-order valence-electron chi connectivity index (χ3n) is 5.56. The van der Waals surface area contributed by atoms with E-state index in [0.717, 1.165) is 52.5 Å². The molecule has 2 N–H and O–H groups in total. The molecule has 0 bridgehead atoms. The summed E-state index contributed by atoms with van der Waals surface area (Å²) in [4.78, 5) is 7.11. The average Bonchev–Trinajstić information content (AvgIpc) is 3.04. The van der Waals surface area contributed by atoms with Gasteiger partial charge in [0, 0.05) is 61.6 Å². The molecule has 3 aromatic rings. The van der Waals surface area contributed by atoms with E-state index >= 15 is 0 Å². The van der Waals surface area contributed by atoms with Crippen LogP contribution in [0.4, 0.5) is 25.2 Å². The van der Waals surface area contributed by atoms with Gasteiger partial charge in [-0.1, -0.05) is 18.2 Å². The highest BCUT2D eigenvalue weighted by Crippen LogP contribution is 2.43. The van der Waals surface area contributed by atoms with Gasteiger partial charge in [-0.2, -0.15) is 0 Å². The molecular weight excluding hydrogens is 406 g/mol. The Bertz CT molecular complexity index is 1130. The number of piperazine rings is 1. The zero-order chi connectivity index (χ0) is 20.7. The van der Waals surface area contributed by atoms with Gasteiger partial charge in [-0.25, -0.2) is 13.8 Å². The molecule has 2 aromatic carbocycles. The molecule has 0 spiro atoms. The van der Waals surface area contributed by atoms with Gasteiger partial charge in [0.15, 0.2) is 11.6 Å². The molecule has 8 heteroatoms. The van der Waals surface area contributed by atoms with E-state index in [1.807, 2.05) is 12.1 Å². The first-order valence-electron chi connectivity index (χ1n) is 9.98. The Balaban J connectivity index is 1.64. The highest BCUT2D eigenvalue weighted by Gasteiger charge is 2.29. The van der Waals surface area contributed by atoms with E-state index in [4.69, 9.17) is 9.73 Å². The number of anilines is 2. The van der Waals surface area contributed by atoms with Crippen molar-refractivity contribution in [1.29, 1.82) is 0 Å². The number of aliphatic imine (C=N–C) groups is 1. The minimum atomic E-state index is -0.896. The number of rotatable bonds is 3. The van der Waals surface area contributed by atoms with Gasteiger partial charge < -0.3 is 20.3 Å². The van der Waals surface area contributed by atoms with E-state index in [1.165, 1.54) is 12.1 Å². The molecule has 0 amide bonds. The van der Waals surface area contributed by atoms with E-state index in [0.29, 0.717) is 18.0 Å². The predicted octanol–water partition coefficient (Wildman–Crippen LogP) is 4.63. The van der Waals surface area contributed by atoms with Gasteiger partial charge in [0.1, 0.15) is 10.8 Å². The van der Waals surface area contributed by atoms with Crippen LogP contribution in [0, 0.1) is 11.6 Å². The number of benzene rings is 2. The molecule has 1 unspecified atom stereocenters. The average molecular weight is 429 g/mol. The third kappa shape index (κ3) is 3.45. The number of hydrogen-bond donors (Lipinski definition) is 2. The van der Waals surface area contributed by atoms with Crippen molar-refractivity contribution in [2.75, 3.05) is 38.7 Å². The first-order valence-corrected chi connectivity index (χ1v) is 10.8. The SMILES string of the molecule is COCCC1CN(C2=Nc3cc(F)c(F)cc3Nc3sc4ccccc4c32)CCN1. The molecule has 30 heavy (non-hydrogen) atoms. The van der Waals surface area contributed by atoms with Crippen LogP contribution in [0.15, 0.2) is 41.4 Å². The summed E-state index contributed by atoms with van der Waals surface area (Å²) >= 11 is 1.60. The molecule has 1 saturated heterocycles. The second-order valence-electron chi connectivity index (χ2n) is 7.52. The summed E-state index contributed by atoms with van der Waals surface area (Å²) < 4.78 is 34.3. The van der Waals surface area contributed by atoms with Gasteiger partial charge in [0.25, 0.3) is 0 Å². The zero-order valence-corrected chi connectivity index (χ0v) is 17.4. The maximum absolute atomic E-state index is 14.0. The zero-order valence-electron chi connectivity index (χ0n) is 16.5. The fraction of sp³-hybridized carbons (Fsp3) is 0.318. The Morgan fingerprint density at radius 2 is 2.07 bits per heavy atom. The van der Waals surface area contributed by atoms with Gasteiger partial charge in [-0.05, 0) is 12.5 Å². The van der Waals surface area contributed by atoms with E-state index in [2.05, 4.69) is 27.7 Å². The number of nitrogens with zero attached hydrogens (tertiary/aromatic N) is 2. The van der Waals surface area contributed by atoms with Crippen molar-refractivity contribution in [3.8, 4) is 0 Å². The number of thiophene rings is 1. The Morgan fingerprint density at radius 1 is 1.23 bits per heavy atom. The van der Waals surface area contributed by atoms with E-state index in [1.54, 1.807) is 18.4 Å². The quantitative estimate of drug-likeness (QED) is 0.639. The lowest BCUT2D eigenvalue weighted by Crippen LogP contribution is -2.53. The van der Waals surface area contributed by atoms with Crippen molar-refractivity contribution in [2.24, 2.45) is 4.99 Å². The van der Waals surface area contributed by atoms with Crippen molar-refractivity contribution >= 4 is 43.6 Å². The Morgan fingerprint density at radius 3 is 2.93 bits per heavy atom. The molecule has 5 nitrogen and oxygen atoms in total. The van der Waals surface area contributed by atoms with Crippen LogP contribution in [0.5, 0.6) is 0 Å². The van der Waals surface area contributed by atoms with Crippen LogP contribution < -0.4 is 10.6 Å². The summed E-state index contributed by atoms with van der Waals surface area (Å²) in [5, 5.41) is 8.82. The van der Waals surface area contributed by atoms with Crippen LogP contribution in [-0.2, 0) is 4.74 Å². The van der Waals surface area contributed by atoms with Gasteiger partial charge >= 0.3 is 0 Å². The summed E-state index contributed by atoms with van der Waals surface area (Å²) in [5.41, 5.74) is 1.87. The molecule has 0 saturated carbocycles. The lowest BCUT2D eigenvalue weighted by atomic mass is 10.1. The first-order chi connectivity index (χ1) is 14.6. The maximum Gasteiger partial charge on any atom is 0.161 e. The molecule has 156 valence electrons. The van der Waals surface area contributed by atoms with Gasteiger partial charge in [0.2, 0.25) is 0 Å². The fourth-order valence-electron chi connectivity index (χ4n) is 4.08. The van der Waals surface area contributed by atoms with Crippen molar-refractivity contribution in [1.82, 2.24) is 10.2 Å². The number of hydrogen-bond acceptors (Lipinski definition) is 6. The van der Waals surface area contributed by atoms with Crippen LogP contribution in [0.3, 0.4) is 0 Å². The van der Waals surface area contributed by atoms with Gasteiger partial charge in [0.05, 0.1) is 16.9 Å². The minimum absolute atomic E-state index is 0.274. The summed E-state index contributed by atoms with van der Waals surface area (Å²) in [5.74, 6) is -0.986. The molecule has 0 radical (unpaired) electrons. The normalized spacial score (nSPS) is 18.4. The number of amidine groups is 1. The number of fused-ring (bicyclic) bond motifs is 4. The van der Waals surface area contributed by atoms with E-state index < -0.39 is 11.6 Å². The third-order valence-corrected chi connectivity index (χ3v) is 6.64. The molecule has 2 aliphatic heterocycles. The highest BCUT2D eigenvalue weighted by atomic mass is 32.1. The molecule has 1 fully saturated rings. The van der Waals surface area contributed by atoms with Crippen LogP contribution in [0.2, 0.25) is 0 Å². The Hall–Kier alpha value is -2.55. The van der Waals surface area contributed by atoms with Crippen molar-refractivity contribution in [3.05, 3.63) is 53.6 Å². The van der Waals surface area contributed by atoms with Crippen LogP contribution in [0.25, 0.3) is 10.1 Å². The number of halogens is 2. The molecule has 2 aliphatic rings. The second kappa shape index (κ2) is 7.94. The summed E-state index contributed by atoms with van der Waals surface area (Å²) in [7, 11) is 1.70. The standard InChI is InChI=1S/C22H22F2N4OS/c1-29-9-6-13-12-28(8-7-25-13)21-20-14-4-2-3-5-19(14)30-22(20)27-18-11-16(24)15(23)10-17(18)26-21/h2-5,10-11,13,25,27H,6-9,12H2,1H3. The lowest BCUT2D eigenvalue weighted by molar-refractivity contribution is 0.168. The Labute approximate surface area is 177 Å². The van der Waals surface area contributed by atoms with Gasteiger partial charge in [-0.3, -0.25) is 0 Å². The molecule has 1 atom stereocenters. The van der Waals surface area contributed by atoms with Crippen LogP contribution in [0.1, 0.15) is 12.0 Å². The molecule has 0 aliphatic carbocycles. The summed E-state index contributed by atoms with van der Waals surface area (Å²) in [6.45, 7) is 3.05. The fourth-order valence-corrected chi connectivity index (χ4v) is 5.19. The number of nitrogens with one attached hydrogen (secondary N) is 2. The van der Waals surface area contributed by atoms with E-state index in [-0.39, 0.29) is 6.04 Å². The van der Waals surface area contributed by atoms with Crippen molar-refractivity contribution in [2.45, 2.75) is 12.5 Å². The molecular formula is C22H22F2N4OS. The maximum atomic E-state index is 14.0. The van der Waals surface area contributed by atoms with Crippen LogP contribution in [-0.4, -0.2) is 50.1 Å². The number of methoxy groups -OCH3 is 1. The molecule has 5 rings (SSSR count). The van der Waals surface area contributed by atoms with Crippen molar-refractivity contribution < 1.29 is 13.5 Å². The lowest BCUT2D eigenvalue weighted by Gasteiger charge is -2.35. The largest absolute Gasteiger partial charge is 0.385 e. The van der Waals surface area contributed by atoms with Gasteiger partial charge in [-0.15, -0.1) is 11.3 Å². The molecule has 1 aromatic heterocycles. The number of ether oxygens (including phenoxy) is 1. The predicted molar refractivity (Wildman–Crippen MR) is 118 cm³/mol. The highest BCUT2D eigenvalue weighted by molar-refractivity contribution is 7.23. The van der Waals surface area contributed by atoms with Crippen molar-refractivity contribution in [3.63, 3.8) is 0 Å². The first kappa shape index (κ1) is 19.4. The molecule has 3 heterocycles. The summed E-state index contributed by atoms with van der Waals surface area (Å²) in [6.07, 6.45) is 0.895.